The van der Waals surface area contributed by atoms with E-state index in [1.165, 1.54) is 7.11 Å². The molecule has 12 heteroatoms. The van der Waals surface area contributed by atoms with Gasteiger partial charge in [0.05, 0.1) is 30.9 Å². The second kappa shape index (κ2) is 8.32. The van der Waals surface area contributed by atoms with E-state index < -0.39 is 29.9 Å². The molecule has 4 atom stereocenters. The molecule has 0 aliphatic carbocycles. The number of fused-ring (bicyclic) bond motifs is 2. The first-order valence-electron chi connectivity index (χ1n) is 9.83. The van der Waals surface area contributed by atoms with Crippen LogP contribution in [0.3, 0.4) is 0 Å². The number of halogens is 3. The molecule has 0 saturated carbocycles. The number of aliphatic hydroxyl groups is 1. The Morgan fingerprint density at radius 2 is 1.94 bits per heavy atom. The summed E-state index contributed by atoms with van der Waals surface area (Å²) < 4.78 is 50.1. The number of hydrogen-bond donors (Lipinski definition) is 3. The number of aromatic nitrogens is 3. The predicted molar refractivity (Wildman–Crippen MR) is 109 cm³/mol. The fraction of sp³-hybridized carbons (Fsp3) is 0.400. The third-order valence-corrected chi connectivity index (χ3v) is 5.72. The fourth-order valence-corrected chi connectivity index (χ4v) is 4.02. The van der Waals surface area contributed by atoms with E-state index in [1.807, 2.05) is 0 Å². The first kappa shape index (κ1) is 21.1. The normalized spacial score (nSPS) is 24.7. The minimum absolute atomic E-state index is 0.0851. The highest BCUT2D eigenvalue weighted by Crippen LogP contribution is 2.31. The topological polar surface area (TPSA) is 111 Å². The lowest BCUT2D eigenvalue weighted by atomic mass is 10.1. The molecule has 0 radical (unpaired) electrons. The second-order valence-electron chi connectivity index (χ2n) is 7.47. The average Bonchev–Trinajstić information content (AvgIpc) is 3.44. The summed E-state index contributed by atoms with van der Waals surface area (Å²) in [6, 6.07) is 3.96. The molecule has 1 aromatic carbocycles. The lowest BCUT2D eigenvalue weighted by Crippen LogP contribution is -2.34. The van der Waals surface area contributed by atoms with Gasteiger partial charge in [0.2, 0.25) is 0 Å². The fourth-order valence-electron chi connectivity index (χ4n) is 3.80. The lowest BCUT2D eigenvalue weighted by molar-refractivity contribution is 0.00706. The lowest BCUT2D eigenvalue weighted by Gasteiger charge is -2.15. The zero-order valence-electron chi connectivity index (χ0n) is 16.8. The van der Waals surface area contributed by atoms with Crippen molar-refractivity contribution in [1.82, 2.24) is 15.0 Å². The molecule has 32 heavy (non-hydrogen) atoms. The molecule has 3 aromatic rings. The van der Waals surface area contributed by atoms with Gasteiger partial charge in [-0.3, -0.25) is 0 Å². The first-order valence-corrected chi connectivity index (χ1v) is 10.2. The van der Waals surface area contributed by atoms with E-state index in [9.17, 15) is 13.9 Å². The van der Waals surface area contributed by atoms with Crippen molar-refractivity contribution in [2.45, 2.75) is 31.0 Å². The molecule has 0 amide bonds. The Morgan fingerprint density at radius 1 is 1.19 bits per heavy atom. The van der Waals surface area contributed by atoms with Crippen LogP contribution in [-0.2, 0) is 16.0 Å². The molecule has 0 spiro atoms. The van der Waals surface area contributed by atoms with Gasteiger partial charge in [0.1, 0.15) is 41.5 Å². The van der Waals surface area contributed by atoms with Crippen LogP contribution in [0.25, 0.3) is 11.2 Å². The number of ether oxygens (including phenoxy) is 4. The van der Waals surface area contributed by atoms with Gasteiger partial charge in [-0.25, -0.2) is 13.8 Å². The number of benzene rings is 1. The van der Waals surface area contributed by atoms with Gasteiger partial charge in [-0.05, 0) is 6.07 Å². The van der Waals surface area contributed by atoms with Gasteiger partial charge in [-0.2, -0.15) is 4.98 Å². The standard InChI is InChI=1S/C20H19ClF2N4O5/c1-29-8-2-11(22)9(12(23)3-8)5-24-18-10(21)4-13-19(26-18)27-20(25-13)32-15-7-31-16-14(28)6-30-17(15)16/h2-4,14-17,28H,5-7H2,1H3,(H2,24,25,26,27)/t14-,15-,16-,17-/m1/s1. The molecule has 0 unspecified atom stereocenters. The summed E-state index contributed by atoms with van der Waals surface area (Å²) in [4.78, 5) is 11.6. The van der Waals surface area contributed by atoms with Crippen molar-refractivity contribution in [1.29, 1.82) is 0 Å². The Labute approximate surface area is 185 Å². The van der Waals surface area contributed by atoms with Crippen LogP contribution in [0, 0.1) is 11.6 Å². The van der Waals surface area contributed by atoms with Crippen LogP contribution < -0.4 is 14.8 Å². The first-order chi connectivity index (χ1) is 15.4. The summed E-state index contributed by atoms with van der Waals surface area (Å²) in [7, 11) is 1.33. The number of nitrogens with one attached hydrogen (secondary N) is 2. The number of imidazole rings is 1. The van der Waals surface area contributed by atoms with Crippen molar-refractivity contribution >= 4 is 28.6 Å². The molecular weight excluding hydrogens is 450 g/mol. The average molecular weight is 469 g/mol. The molecule has 2 aliphatic rings. The van der Waals surface area contributed by atoms with Crippen molar-refractivity contribution < 1.29 is 32.8 Å². The van der Waals surface area contributed by atoms with Crippen LogP contribution in [0.2, 0.25) is 5.02 Å². The molecule has 9 nitrogen and oxygen atoms in total. The quantitative estimate of drug-likeness (QED) is 0.506. The highest BCUT2D eigenvalue weighted by atomic mass is 35.5. The molecule has 2 aromatic heterocycles. The van der Waals surface area contributed by atoms with Gasteiger partial charge in [-0.1, -0.05) is 11.6 Å². The van der Waals surface area contributed by atoms with E-state index in [1.54, 1.807) is 6.07 Å². The number of anilines is 1. The molecule has 5 rings (SSSR count). The largest absolute Gasteiger partial charge is 0.497 e. The highest BCUT2D eigenvalue weighted by Gasteiger charge is 2.48. The third kappa shape index (κ3) is 3.81. The molecule has 3 N–H and O–H groups in total. The molecule has 2 fully saturated rings. The number of nitrogens with zero attached hydrogens (tertiary/aromatic N) is 2. The van der Waals surface area contributed by atoms with Crippen LogP contribution in [-0.4, -0.2) is 64.8 Å². The predicted octanol–water partition coefficient (Wildman–Crippen LogP) is 2.42. The van der Waals surface area contributed by atoms with E-state index in [4.69, 9.17) is 30.5 Å². The number of aliphatic hydroxyl groups excluding tert-OH is 1. The van der Waals surface area contributed by atoms with Crippen LogP contribution in [0.4, 0.5) is 14.6 Å². The zero-order valence-corrected chi connectivity index (χ0v) is 17.5. The van der Waals surface area contributed by atoms with E-state index in [-0.39, 0.29) is 54.0 Å². The maximum Gasteiger partial charge on any atom is 0.296 e. The van der Waals surface area contributed by atoms with E-state index in [2.05, 4.69) is 20.3 Å². The number of rotatable bonds is 6. The van der Waals surface area contributed by atoms with Gasteiger partial charge in [0, 0.05) is 24.2 Å². The summed E-state index contributed by atoms with van der Waals surface area (Å²) in [5.74, 6) is -1.21. The van der Waals surface area contributed by atoms with Gasteiger partial charge in [0.15, 0.2) is 11.8 Å². The van der Waals surface area contributed by atoms with Crippen molar-refractivity contribution in [3.8, 4) is 11.8 Å². The van der Waals surface area contributed by atoms with Crippen molar-refractivity contribution in [3.05, 3.63) is 40.4 Å². The maximum absolute atomic E-state index is 14.2. The molecule has 4 heterocycles. The molecule has 170 valence electrons. The number of pyridine rings is 1. The number of aromatic amines is 1. The Kier molecular flexibility index (Phi) is 5.49. The van der Waals surface area contributed by atoms with Gasteiger partial charge in [-0.15, -0.1) is 0 Å². The maximum atomic E-state index is 14.2. The van der Waals surface area contributed by atoms with Crippen molar-refractivity contribution in [2.24, 2.45) is 0 Å². The van der Waals surface area contributed by atoms with Crippen LogP contribution in [0.15, 0.2) is 18.2 Å². The van der Waals surface area contributed by atoms with Crippen molar-refractivity contribution in [3.63, 3.8) is 0 Å². The number of hydrogen-bond acceptors (Lipinski definition) is 8. The summed E-state index contributed by atoms with van der Waals surface area (Å²) in [5, 5.41) is 12.9. The van der Waals surface area contributed by atoms with Gasteiger partial charge >= 0.3 is 0 Å². The van der Waals surface area contributed by atoms with Crippen LogP contribution >= 0.6 is 11.6 Å². The summed E-state index contributed by atoms with van der Waals surface area (Å²) >= 11 is 6.28. The minimum Gasteiger partial charge on any atom is -0.497 e. The molecule has 0 bridgehead atoms. The zero-order chi connectivity index (χ0) is 22.4. The number of H-pyrrole nitrogens is 1. The Bertz CT molecular complexity index is 1140. The van der Waals surface area contributed by atoms with Crippen LogP contribution in [0.5, 0.6) is 11.8 Å². The SMILES string of the molecule is COc1cc(F)c(CNc2nc3nc(O[C@@H]4CO[C@H]5[C@@H]4OC[C@H]5O)[nH]c3cc2Cl)c(F)c1. The van der Waals surface area contributed by atoms with E-state index in [0.29, 0.717) is 11.2 Å². The highest BCUT2D eigenvalue weighted by molar-refractivity contribution is 6.33. The molecule has 2 aliphatic heterocycles. The van der Waals surface area contributed by atoms with Crippen LogP contribution in [0.1, 0.15) is 5.56 Å². The van der Waals surface area contributed by atoms with E-state index >= 15 is 0 Å². The Morgan fingerprint density at radius 3 is 2.69 bits per heavy atom. The summed E-state index contributed by atoms with van der Waals surface area (Å²) in [5.41, 5.74) is 0.634. The Balaban J connectivity index is 1.32. The smallest absolute Gasteiger partial charge is 0.296 e. The van der Waals surface area contributed by atoms with Crippen molar-refractivity contribution in [2.75, 3.05) is 25.6 Å². The Hall–Kier alpha value is -2.73. The van der Waals surface area contributed by atoms with Gasteiger partial charge < -0.3 is 34.4 Å². The second-order valence-corrected chi connectivity index (χ2v) is 7.88. The summed E-state index contributed by atoms with van der Waals surface area (Å²) in [6.45, 7) is 0.260. The van der Waals surface area contributed by atoms with E-state index in [0.717, 1.165) is 12.1 Å². The molecule has 2 saturated heterocycles. The third-order valence-electron chi connectivity index (χ3n) is 5.43. The monoisotopic (exact) mass is 468 g/mol. The summed E-state index contributed by atoms with van der Waals surface area (Å²) in [6.07, 6.45) is -1.93. The molecular formula is C20H19ClF2N4O5. The number of methoxy groups -OCH3 is 1. The van der Waals surface area contributed by atoms with Gasteiger partial charge in [0.25, 0.3) is 6.01 Å². The minimum atomic E-state index is -0.752.